The van der Waals surface area contributed by atoms with Gasteiger partial charge in [-0.1, -0.05) is 84.9 Å². The van der Waals surface area contributed by atoms with Crippen molar-refractivity contribution in [2.75, 3.05) is 0 Å². The number of nitrogens with zero attached hydrogens (tertiary/aromatic N) is 4. The highest BCUT2D eigenvalue weighted by Gasteiger charge is 2.39. The fourth-order valence-corrected chi connectivity index (χ4v) is 7.33. The van der Waals surface area contributed by atoms with E-state index in [-0.39, 0.29) is 11.1 Å². The van der Waals surface area contributed by atoms with Crippen LogP contribution < -0.4 is 0 Å². The summed E-state index contributed by atoms with van der Waals surface area (Å²) in [7, 11) is 0. The van der Waals surface area contributed by atoms with Crippen molar-refractivity contribution in [1.82, 2.24) is 0 Å². The highest BCUT2D eigenvalue weighted by Crippen LogP contribution is 2.61. The molecule has 0 radical (unpaired) electrons. The first-order chi connectivity index (χ1) is 20.2. The van der Waals surface area contributed by atoms with Crippen LogP contribution in [-0.4, -0.2) is 0 Å². The van der Waals surface area contributed by atoms with Crippen molar-refractivity contribution in [1.29, 1.82) is 21.0 Å². The fourth-order valence-electron chi connectivity index (χ4n) is 5.87. The Hall–Kier alpha value is -5.98. The van der Waals surface area contributed by atoms with Crippen LogP contribution in [0.25, 0.3) is 55.7 Å². The SMILES string of the molecule is N#CC(C#N)=C1c2cc(-c3ccccc3)ccc2-c2c1sc1c2-c2ccc(-c3ccccc3)cc2C1=C(C#N)C#N. The number of fused-ring (bicyclic) bond motifs is 7. The molecular weight excluding hydrogens is 520 g/mol. The van der Waals surface area contributed by atoms with Gasteiger partial charge in [0, 0.05) is 32.0 Å². The van der Waals surface area contributed by atoms with Crippen LogP contribution in [0.2, 0.25) is 0 Å². The summed E-state index contributed by atoms with van der Waals surface area (Å²) in [4.78, 5) is 1.64. The average Bonchev–Trinajstić information content (AvgIpc) is 3.65. The van der Waals surface area contributed by atoms with Gasteiger partial charge in [0.15, 0.2) is 0 Å². The normalized spacial score (nSPS) is 11.7. The molecule has 0 N–H and O–H groups in total. The summed E-state index contributed by atoms with van der Waals surface area (Å²) in [6.45, 7) is 0. The van der Waals surface area contributed by atoms with Gasteiger partial charge in [-0.15, -0.1) is 11.3 Å². The second kappa shape index (κ2) is 9.34. The van der Waals surface area contributed by atoms with Gasteiger partial charge in [-0.25, -0.2) is 0 Å². The molecule has 186 valence electrons. The summed E-state index contributed by atoms with van der Waals surface area (Å²) in [6.07, 6.45) is 0. The van der Waals surface area contributed by atoms with Gasteiger partial charge in [-0.2, -0.15) is 21.0 Å². The second-order valence-corrected chi connectivity index (χ2v) is 10.7. The lowest BCUT2D eigenvalue weighted by Gasteiger charge is -2.09. The van der Waals surface area contributed by atoms with Gasteiger partial charge in [0.05, 0.1) is 0 Å². The molecule has 5 aromatic rings. The van der Waals surface area contributed by atoms with Crippen molar-refractivity contribution in [2.24, 2.45) is 0 Å². The summed E-state index contributed by atoms with van der Waals surface area (Å²) >= 11 is 1.44. The summed E-state index contributed by atoms with van der Waals surface area (Å²) in [5.74, 6) is 0. The van der Waals surface area contributed by atoms with E-state index in [2.05, 4.69) is 60.7 Å². The first kappa shape index (κ1) is 24.1. The molecule has 0 amide bonds. The molecule has 0 aliphatic heterocycles. The molecule has 0 fully saturated rings. The lowest BCUT2D eigenvalue weighted by Crippen LogP contribution is -1.89. The van der Waals surface area contributed by atoms with E-state index in [0.29, 0.717) is 11.1 Å². The number of benzene rings is 4. The van der Waals surface area contributed by atoms with E-state index in [9.17, 15) is 21.0 Å². The van der Waals surface area contributed by atoms with E-state index in [4.69, 9.17) is 0 Å². The molecule has 1 aromatic heterocycles. The van der Waals surface area contributed by atoms with Crippen molar-refractivity contribution < 1.29 is 0 Å². The molecule has 0 bridgehead atoms. The number of nitriles is 4. The lowest BCUT2D eigenvalue weighted by molar-refractivity contribution is 1.46. The largest absolute Gasteiger partial charge is 0.192 e. The minimum atomic E-state index is 0.0427. The standard InChI is InChI=1S/C36H16N4S/c37-17-25(18-38)31-29-15-23(21-7-3-1-4-8-21)11-13-27(29)33-34-28-14-12-24(22-9-5-2-6-10-22)16-30(28)32(26(19-39)20-40)36(34)41-35(31)33/h1-16H. The summed E-state index contributed by atoms with van der Waals surface area (Å²) < 4.78 is 0. The fraction of sp³-hybridized carbons (Fsp3) is 0. The zero-order chi connectivity index (χ0) is 28.1. The third kappa shape index (κ3) is 3.49. The van der Waals surface area contributed by atoms with Crippen LogP contribution in [0.4, 0.5) is 0 Å². The van der Waals surface area contributed by atoms with E-state index >= 15 is 0 Å². The topological polar surface area (TPSA) is 95.2 Å². The predicted molar refractivity (Wildman–Crippen MR) is 161 cm³/mol. The van der Waals surface area contributed by atoms with Gasteiger partial charge < -0.3 is 0 Å². The van der Waals surface area contributed by atoms with Crippen LogP contribution in [0, 0.1) is 45.3 Å². The molecule has 0 saturated carbocycles. The molecule has 0 unspecified atom stereocenters. The second-order valence-electron chi connectivity index (χ2n) is 9.71. The Kier molecular flexibility index (Phi) is 5.49. The number of hydrogen-bond acceptors (Lipinski definition) is 5. The molecule has 1 heterocycles. The number of rotatable bonds is 2. The van der Waals surface area contributed by atoms with Crippen molar-refractivity contribution in [3.05, 3.63) is 129 Å². The van der Waals surface area contributed by atoms with Crippen LogP contribution in [-0.2, 0) is 0 Å². The predicted octanol–water partition coefficient (Wildman–Crippen LogP) is 8.74. The highest BCUT2D eigenvalue weighted by molar-refractivity contribution is 7.16. The first-order valence-corrected chi connectivity index (χ1v) is 13.7. The van der Waals surface area contributed by atoms with Crippen molar-refractivity contribution >= 4 is 22.5 Å². The Morgan fingerprint density at radius 2 is 0.829 bits per heavy atom. The van der Waals surface area contributed by atoms with Gasteiger partial charge in [0.2, 0.25) is 0 Å². The molecule has 0 atom stereocenters. The Labute approximate surface area is 240 Å². The quantitative estimate of drug-likeness (QED) is 0.206. The van der Waals surface area contributed by atoms with Crippen molar-refractivity contribution in [3.8, 4) is 68.8 Å². The third-order valence-corrected chi connectivity index (χ3v) is 8.87. The van der Waals surface area contributed by atoms with Gasteiger partial charge >= 0.3 is 0 Å². The lowest BCUT2D eigenvalue weighted by atomic mass is 9.94. The number of allylic oxidation sites excluding steroid dienone is 2. The van der Waals surface area contributed by atoms with Crippen LogP contribution in [0.5, 0.6) is 0 Å². The first-order valence-electron chi connectivity index (χ1n) is 12.9. The van der Waals surface area contributed by atoms with Gasteiger partial charge in [0.1, 0.15) is 35.4 Å². The molecule has 7 rings (SSSR count). The van der Waals surface area contributed by atoms with Crippen LogP contribution in [0.1, 0.15) is 20.9 Å². The van der Waals surface area contributed by atoms with Gasteiger partial charge in [-0.05, 0) is 56.6 Å². The number of hydrogen-bond donors (Lipinski definition) is 0. The molecule has 4 aromatic carbocycles. The van der Waals surface area contributed by atoms with Gasteiger partial charge in [-0.3, -0.25) is 0 Å². The Morgan fingerprint density at radius 1 is 0.439 bits per heavy atom. The maximum Gasteiger partial charge on any atom is 0.138 e. The van der Waals surface area contributed by atoms with E-state index in [1.807, 2.05) is 60.7 Å². The van der Waals surface area contributed by atoms with E-state index in [1.54, 1.807) is 0 Å². The summed E-state index contributed by atoms with van der Waals surface area (Å²) in [5, 5.41) is 39.9. The minimum Gasteiger partial charge on any atom is -0.192 e. The molecule has 0 saturated heterocycles. The van der Waals surface area contributed by atoms with E-state index < -0.39 is 0 Å². The molecule has 0 spiro atoms. The van der Waals surface area contributed by atoms with E-state index in [1.165, 1.54) is 11.3 Å². The van der Waals surface area contributed by atoms with Crippen molar-refractivity contribution in [3.63, 3.8) is 0 Å². The molecule has 4 nitrogen and oxygen atoms in total. The average molecular weight is 537 g/mol. The zero-order valence-corrected chi connectivity index (χ0v) is 22.3. The number of thiophene rings is 1. The van der Waals surface area contributed by atoms with Crippen LogP contribution in [0.15, 0.2) is 108 Å². The van der Waals surface area contributed by atoms with Crippen LogP contribution >= 0.6 is 11.3 Å². The Bertz CT molecular complexity index is 1980. The molecule has 5 heteroatoms. The van der Waals surface area contributed by atoms with Gasteiger partial charge in [0.25, 0.3) is 0 Å². The smallest absolute Gasteiger partial charge is 0.138 e. The summed E-state index contributed by atoms with van der Waals surface area (Å²) in [5.41, 5.74) is 10.8. The van der Waals surface area contributed by atoms with E-state index in [0.717, 1.165) is 65.4 Å². The Balaban J connectivity index is 1.54. The highest BCUT2D eigenvalue weighted by atomic mass is 32.1. The molecule has 41 heavy (non-hydrogen) atoms. The maximum absolute atomic E-state index is 9.96. The summed E-state index contributed by atoms with van der Waals surface area (Å²) in [6, 6.07) is 40.8. The van der Waals surface area contributed by atoms with Crippen LogP contribution in [0.3, 0.4) is 0 Å². The maximum atomic E-state index is 9.96. The zero-order valence-electron chi connectivity index (χ0n) is 21.4. The minimum absolute atomic E-state index is 0.0427. The molecule has 2 aliphatic carbocycles. The monoisotopic (exact) mass is 536 g/mol. The third-order valence-electron chi connectivity index (χ3n) is 7.64. The van der Waals surface area contributed by atoms with Crippen molar-refractivity contribution in [2.45, 2.75) is 0 Å². The Morgan fingerprint density at radius 3 is 1.20 bits per heavy atom. The molecular formula is C36H16N4S. The molecule has 2 aliphatic rings.